The van der Waals surface area contributed by atoms with Crippen LogP contribution in [-0.2, 0) is 0 Å². The summed E-state index contributed by atoms with van der Waals surface area (Å²) in [5.74, 6) is 1.16. The van der Waals surface area contributed by atoms with E-state index in [0.29, 0.717) is 17.0 Å². The summed E-state index contributed by atoms with van der Waals surface area (Å²) in [6.45, 7) is 5.97. The topological polar surface area (TPSA) is 79.9 Å². The molecule has 0 aliphatic carbocycles. The fourth-order valence-electron chi connectivity index (χ4n) is 3.01. The summed E-state index contributed by atoms with van der Waals surface area (Å²) in [6.07, 6.45) is 8.60. The number of amides is 1. The SMILES string of the molecule is CC/C=C(\C=C/C(C)NC(=O)c1ccc(C)cc1OC)c1nc2ncccc2[nH]1. The molecule has 1 amide bonds. The lowest BCUT2D eigenvalue weighted by atomic mass is 10.1. The van der Waals surface area contributed by atoms with E-state index < -0.39 is 0 Å². The molecular weight excluding hydrogens is 364 g/mol. The highest BCUT2D eigenvalue weighted by Crippen LogP contribution is 2.20. The first-order valence-corrected chi connectivity index (χ1v) is 9.66. The Morgan fingerprint density at radius 2 is 2.17 bits per heavy atom. The van der Waals surface area contributed by atoms with Gasteiger partial charge in [0.1, 0.15) is 11.6 Å². The second kappa shape index (κ2) is 9.19. The number of pyridine rings is 1. The standard InChI is InChI=1S/C23H26N4O2/c1-5-7-17(21-26-19-8-6-13-24-22(19)27-21)11-10-16(3)25-23(28)18-12-9-15(2)14-20(18)29-4/h6-14,16H,5H2,1-4H3,(H,25,28)(H,24,26,27)/b11-10-,17-7+. The molecule has 0 spiro atoms. The lowest BCUT2D eigenvalue weighted by Crippen LogP contribution is -2.31. The summed E-state index contributed by atoms with van der Waals surface area (Å²) >= 11 is 0. The van der Waals surface area contributed by atoms with E-state index in [9.17, 15) is 4.79 Å². The molecule has 0 aliphatic rings. The number of nitrogens with zero attached hydrogens (tertiary/aromatic N) is 2. The summed E-state index contributed by atoms with van der Waals surface area (Å²) in [4.78, 5) is 24.8. The van der Waals surface area contributed by atoms with E-state index in [2.05, 4.69) is 33.3 Å². The van der Waals surface area contributed by atoms with Gasteiger partial charge >= 0.3 is 0 Å². The molecule has 1 atom stereocenters. The molecule has 0 fully saturated rings. The molecule has 0 radical (unpaired) electrons. The number of benzene rings is 1. The molecular formula is C23H26N4O2. The van der Waals surface area contributed by atoms with Gasteiger partial charge in [0.2, 0.25) is 0 Å². The smallest absolute Gasteiger partial charge is 0.255 e. The van der Waals surface area contributed by atoms with Crippen molar-refractivity contribution in [3.05, 3.63) is 71.7 Å². The van der Waals surface area contributed by atoms with Crippen molar-refractivity contribution >= 4 is 22.6 Å². The first-order chi connectivity index (χ1) is 14.0. The van der Waals surface area contributed by atoms with Crippen LogP contribution in [0.25, 0.3) is 16.7 Å². The van der Waals surface area contributed by atoms with Gasteiger partial charge in [0.05, 0.1) is 18.2 Å². The minimum Gasteiger partial charge on any atom is -0.496 e. The van der Waals surface area contributed by atoms with Gasteiger partial charge in [-0.15, -0.1) is 0 Å². The number of fused-ring (bicyclic) bond motifs is 1. The van der Waals surface area contributed by atoms with Gasteiger partial charge in [-0.25, -0.2) is 9.97 Å². The zero-order valence-electron chi connectivity index (χ0n) is 17.2. The molecule has 150 valence electrons. The highest BCUT2D eigenvalue weighted by molar-refractivity contribution is 5.97. The predicted octanol–water partition coefficient (Wildman–Crippen LogP) is 4.44. The number of methoxy groups -OCH3 is 1. The van der Waals surface area contributed by atoms with Crippen molar-refractivity contribution < 1.29 is 9.53 Å². The number of imidazole rings is 1. The van der Waals surface area contributed by atoms with E-state index in [1.54, 1.807) is 19.4 Å². The molecule has 1 aromatic carbocycles. The second-order valence-corrected chi connectivity index (χ2v) is 6.85. The van der Waals surface area contributed by atoms with Gasteiger partial charge in [-0.3, -0.25) is 4.79 Å². The fraction of sp³-hybridized carbons (Fsp3) is 0.261. The van der Waals surface area contributed by atoms with Gasteiger partial charge in [0.15, 0.2) is 5.65 Å². The van der Waals surface area contributed by atoms with Crippen LogP contribution in [0, 0.1) is 6.92 Å². The van der Waals surface area contributed by atoms with Crippen LogP contribution in [0.2, 0.25) is 0 Å². The van der Waals surface area contributed by atoms with Crippen LogP contribution in [0.5, 0.6) is 5.75 Å². The van der Waals surface area contributed by atoms with E-state index in [-0.39, 0.29) is 11.9 Å². The number of ether oxygens (including phenoxy) is 1. The second-order valence-electron chi connectivity index (χ2n) is 6.85. The Kier molecular flexibility index (Phi) is 6.44. The lowest BCUT2D eigenvalue weighted by Gasteiger charge is -2.13. The summed E-state index contributed by atoms with van der Waals surface area (Å²) < 4.78 is 5.34. The molecule has 29 heavy (non-hydrogen) atoms. The quantitative estimate of drug-likeness (QED) is 0.585. The largest absolute Gasteiger partial charge is 0.496 e. The number of H-pyrrole nitrogens is 1. The van der Waals surface area contributed by atoms with Gasteiger partial charge in [0, 0.05) is 17.8 Å². The van der Waals surface area contributed by atoms with Gasteiger partial charge in [0.25, 0.3) is 5.91 Å². The van der Waals surface area contributed by atoms with Crippen molar-refractivity contribution in [3.63, 3.8) is 0 Å². The van der Waals surface area contributed by atoms with Crippen molar-refractivity contribution in [2.45, 2.75) is 33.2 Å². The van der Waals surface area contributed by atoms with E-state index in [0.717, 1.165) is 28.9 Å². The third-order valence-corrected chi connectivity index (χ3v) is 4.48. The number of aryl methyl sites for hydroxylation is 1. The molecule has 3 rings (SSSR count). The molecule has 0 bridgehead atoms. The van der Waals surface area contributed by atoms with Crippen LogP contribution in [0.15, 0.2) is 54.8 Å². The Bertz CT molecular complexity index is 1030. The van der Waals surface area contributed by atoms with E-state index in [4.69, 9.17) is 4.74 Å². The van der Waals surface area contributed by atoms with Gasteiger partial charge in [-0.1, -0.05) is 31.2 Å². The maximum absolute atomic E-state index is 12.6. The van der Waals surface area contributed by atoms with Crippen molar-refractivity contribution in [1.82, 2.24) is 20.3 Å². The first kappa shape index (κ1) is 20.3. The monoisotopic (exact) mass is 390 g/mol. The molecule has 6 heteroatoms. The van der Waals surface area contributed by atoms with Gasteiger partial charge < -0.3 is 15.0 Å². The van der Waals surface area contributed by atoms with Crippen molar-refractivity contribution in [1.29, 1.82) is 0 Å². The summed E-state index contributed by atoms with van der Waals surface area (Å²) in [5.41, 5.74) is 4.10. The number of carbonyl (C=O) groups excluding carboxylic acids is 1. The Morgan fingerprint density at radius 1 is 1.34 bits per heavy atom. The lowest BCUT2D eigenvalue weighted by molar-refractivity contribution is 0.0944. The highest BCUT2D eigenvalue weighted by Gasteiger charge is 2.14. The Labute approximate surface area is 170 Å². The Morgan fingerprint density at radius 3 is 2.90 bits per heavy atom. The maximum Gasteiger partial charge on any atom is 0.255 e. The molecule has 0 aliphatic heterocycles. The Hall–Kier alpha value is -3.41. The number of allylic oxidation sites excluding steroid dienone is 3. The summed E-state index contributed by atoms with van der Waals surface area (Å²) in [7, 11) is 1.57. The van der Waals surface area contributed by atoms with Crippen LogP contribution < -0.4 is 10.1 Å². The van der Waals surface area contributed by atoms with E-state index >= 15 is 0 Å². The summed E-state index contributed by atoms with van der Waals surface area (Å²) in [6, 6.07) is 9.19. The van der Waals surface area contributed by atoms with E-state index in [1.165, 1.54) is 0 Å². The van der Waals surface area contributed by atoms with Crippen molar-refractivity contribution in [2.24, 2.45) is 0 Å². The molecule has 0 saturated heterocycles. The van der Waals surface area contributed by atoms with Gasteiger partial charge in [-0.2, -0.15) is 0 Å². The zero-order chi connectivity index (χ0) is 20.8. The predicted molar refractivity (Wildman–Crippen MR) is 116 cm³/mol. The van der Waals surface area contributed by atoms with Crippen LogP contribution in [0.4, 0.5) is 0 Å². The average Bonchev–Trinajstić information content (AvgIpc) is 3.14. The third kappa shape index (κ3) is 4.90. The third-order valence-electron chi connectivity index (χ3n) is 4.48. The number of hydrogen-bond donors (Lipinski definition) is 2. The number of rotatable bonds is 7. The molecule has 1 unspecified atom stereocenters. The van der Waals surface area contributed by atoms with Crippen molar-refractivity contribution in [2.75, 3.05) is 7.11 Å². The van der Waals surface area contributed by atoms with E-state index in [1.807, 2.05) is 50.3 Å². The molecule has 2 aromatic heterocycles. The number of nitrogens with one attached hydrogen (secondary N) is 2. The number of aromatic amines is 1. The number of carbonyl (C=O) groups is 1. The molecule has 6 nitrogen and oxygen atoms in total. The zero-order valence-corrected chi connectivity index (χ0v) is 17.2. The molecule has 3 aromatic rings. The van der Waals surface area contributed by atoms with Gasteiger partial charge in [-0.05, 0) is 50.1 Å². The minimum atomic E-state index is -0.173. The van der Waals surface area contributed by atoms with Crippen LogP contribution in [-0.4, -0.2) is 34.0 Å². The first-order valence-electron chi connectivity index (χ1n) is 9.66. The van der Waals surface area contributed by atoms with Crippen molar-refractivity contribution in [3.8, 4) is 5.75 Å². The average molecular weight is 390 g/mol. The minimum absolute atomic E-state index is 0.170. The maximum atomic E-state index is 12.6. The van der Waals surface area contributed by atoms with Crippen LogP contribution >= 0.6 is 0 Å². The molecule has 2 heterocycles. The number of aromatic nitrogens is 3. The van der Waals surface area contributed by atoms with Crippen LogP contribution in [0.3, 0.4) is 0 Å². The normalized spacial score (nSPS) is 13.0. The molecule has 0 saturated carbocycles. The molecule has 2 N–H and O–H groups in total. The summed E-state index contributed by atoms with van der Waals surface area (Å²) in [5, 5.41) is 2.99. The van der Waals surface area contributed by atoms with Crippen LogP contribution in [0.1, 0.15) is 42.0 Å². The number of hydrogen-bond acceptors (Lipinski definition) is 4. The Balaban J connectivity index is 1.74. The highest BCUT2D eigenvalue weighted by atomic mass is 16.5. The fourth-order valence-corrected chi connectivity index (χ4v) is 3.01.